The van der Waals surface area contributed by atoms with Crippen LogP contribution in [-0.2, 0) is 4.79 Å². The zero-order chi connectivity index (χ0) is 17.1. The van der Waals surface area contributed by atoms with Crippen molar-refractivity contribution in [2.75, 3.05) is 5.32 Å². The van der Waals surface area contributed by atoms with Gasteiger partial charge in [-0.05, 0) is 36.4 Å². The summed E-state index contributed by atoms with van der Waals surface area (Å²) < 4.78 is 7.13. The Morgan fingerprint density at radius 2 is 1.96 bits per heavy atom. The summed E-state index contributed by atoms with van der Waals surface area (Å²) in [5, 5.41) is 2.90. The Kier molecular flexibility index (Phi) is 3.88. The highest BCUT2D eigenvalue weighted by Crippen LogP contribution is 2.27. The second-order valence-corrected chi connectivity index (χ2v) is 5.48. The number of hydrogen-bond acceptors (Lipinski definition) is 3. The minimum Gasteiger partial charge on any atom is -0.465 e. The number of hydrogen-bond donors (Lipinski definition) is 1. The molecule has 3 heterocycles. The molecule has 0 saturated carbocycles. The molecule has 0 radical (unpaired) electrons. The predicted molar refractivity (Wildman–Crippen MR) is 97.0 cm³/mol. The third kappa shape index (κ3) is 3.21. The Labute approximate surface area is 144 Å². The second-order valence-electron chi connectivity index (χ2n) is 5.48. The number of carbonyl (C=O) groups excluding carboxylic acids is 1. The Morgan fingerprint density at radius 1 is 1.08 bits per heavy atom. The normalized spacial score (nSPS) is 11.2. The average molecular weight is 329 g/mol. The van der Waals surface area contributed by atoms with E-state index in [9.17, 15) is 4.79 Å². The number of rotatable bonds is 4. The highest BCUT2D eigenvalue weighted by atomic mass is 16.3. The number of benzene rings is 1. The first-order valence-electron chi connectivity index (χ1n) is 7.85. The number of anilines is 1. The zero-order valence-electron chi connectivity index (χ0n) is 13.3. The molecule has 0 bridgehead atoms. The fourth-order valence-electron chi connectivity index (χ4n) is 2.60. The number of amides is 1. The number of fused-ring (bicyclic) bond motifs is 1. The van der Waals surface area contributed by atoms with Crippen LogP contribution in [0.4, 0.5) is 5.69 Å². The van der Waals surface area contributed by atoms with Crippen LogP contribution in [-0.4, -0.2) is 15.3 Å². The van der Waals surface area contributed by atoms with E-state index in [4.69, 9.17) is 4.42 Å². The molecular formula is C20H15N3O2. The summed E-state index contributed by atoms with van der Waals surface area (Å²) in [6.45, 7) is 0. The van der Waals surface area contributed by atoms with Crippen molar-refractivity contribution in [3.8, 4) is 11.3 Å². The Hall–Kier alpha value is -3.60. The molecule has 5 heteroatoms. The molecule has 0 saturated heterocycles. The molecular weight excluding hydrogens is 314 g/mol. The molecule has 25 heavy (non-hydrogen) atoms. The number of aromatic nitrogens is 2. The van der Waals surface area contributed by atoms with Gasteiger partial charge in [0.25, 0.3) is 0 Å². The smallest absolute Gasteiger partial charge is 0.248 e. The lowest BCUT2D eigenvalue weighted by molar-refractivity contribution is -0.111. The van der Waals surface area contributed by atoms with E-state index >= 15 is 0 Å². The van der Waals surface area contributed by atoms with Gasteiger partial charge in [-0.1, -0.05) is 24.3 Å². The van der Waals surface area contributed by atoms with E-state index in [1.54, 1.807) is 24.5 Å². The maximum atomic E-state index is 12.2. The van der Waals surface area contributed by atoms with Gasteiger partial charge in [0.1, 0.15) is 11.4 Å². The molecule has 1 N–H and O–H groups in total. The van der Waals surface area contributed by atoms with Crippen LogP contribution in [0.15, 0.2) is 83.7 Å². The first-order chi connectivity index (χ1) is 12.3. The van der Waals surface area contributed by atoms with Crippen LogP contribution in [0.2, 0.25) is 0 Å². The van der Waals surface area contributed by atoms with Crippen LogP contribution >= 0.6 is 0 Å². The highest BCUT2D eigenvalue weighted by Gasteiger charge is 2.10. The van der Waals surface area contributed by atoms with Gasteiger partial charge >= 0.3 is 0 Å². The molecule has 1 amide bonds. The summed E-state index contributed by atoms with van der Waals surface area (Å²) >= 11 is 0. The van der Waals surface area contributed by atoms with E-state index in [-0.39, 0.29) is 5.91 Å². The molecule has 0 spiro atoms. The van der Waals surface area contributed by atoms with Crippen LogP contribution in [0.3, 0.4) is 0 Å². The molecule has 1 aromatic carbocycles. The van der Waals surface area contributed by atoms with Gasteiger partial charge in [0.05, 0.1) is 17.6 Å². The van der Waals surface area contributed by atoms with Crippen molar-refractivity contribution < 1.29 is 9.21 Å². The lowest BCUT2D eigenvalue weighted by Crippen LogP contribution is -2.08. The molecule has 4 rings (SSSR count). The van der Waals surface area contributed by atoms with Gasteiger partial charge in [0.2, 0.25) is 5.91 Å². The quantitative estimate of drug-likeness (QED) is 0.570. The van der Waals surface area contributed by atoms with Gasteiger partial charge < -0.3 is 14.1 Å². The number of pyridine rings is 1. The maximum Gasteiger partial charge on any atom is 0.248 e. The molecule has 0 fully saturated rings. The van der Waals surface area contributed by atoms with Crippen molar-refractivity contribution in [1.82, 2.24) is 9.38 Å². The van der Waals surface area contributed by atoms with Crippen molar-refractivity contribution in [1.29, 1.82) is 0 Å². The van der Waals surface area contributed by atoms with Gasteiger partial charge in [-0.2, -0.15) is 0 Å². The standard InChI is InChI=1S/C20H15N3O2/c24-20(11-10-15-6-5-13-25-15)22-17-8-2-1-7-16(17)18-14-23-12-4-3-9-19(23)21-18/h1-14H,(H,22,24)/b11-10+. The molecule has 5 nitrogen and oxygen atoms in total. The number of furan rings is 1. The van der Waals surface area contributed by atoms with Gasteiger partial charge in [0, 0.05) is 24.0 Å². The summed E-state index contributed by atoms with van der Waals surface area (Å²) in [4.78, 5) is 16.8. The average Bonchev–Trinajstić information content (AvgIpc) is 3.30. The molecule has 0 aliphatic rings. The van der Waals surface area contributed by atoms with Gasteiger partial charge in [0.15, 0.2) is 0 Å². The summed E-state index contributed by atoms with van der Waals surface area (Å²) in [6.07, 6.45) is 8.52. The van der Waals surface area contributed by atoms with Crippen molar-refractivity contribution in [3.05, 3.63) is 85.1 Å². The first kappa shape index (κ1) is 15.0. The van der Waals surface area contributed by atoms with Gasteiger partial charge in [-0.25, -0.2) is 4.98 Å². The molecule has 0 aliphatic carbocycles. The van der Waals surface area contributed by atoms with E-state index < -0.39 is 0 Å². The summed E-state index contributed by atoms with van der Waals surface area (Å²) in [5.41, 5.74) is 3.24. The maximum absolute atomic E-state index is 12.2. The minimum atomic E-state index is -0.229. The summed E-state index contributed by atoms with van der Waals surface area (Å²) in [7, 11) is 0. The van der Waals surface area contributed by atoms with Crippen LogP contribution < -0.4 is 5.32 Å². The lowest BCUT2D eigenvalue weighted by Gasteiger charge is -2.07. The van der Waals surface area contributed by atoms with Crippen LogP contribution in [0, 0.1) is 0 Å². The Balaban J connectivity index is 1.61. The summed E-state index contributed by atoms with van der Waals surface area (Å²) in [6, 6.07) is 17.0. The first-order valence-corrected chi connectivity index (χ1v) is 7.85. The van der Waals surface area contributed by atoms with Crippen molar-refractivity contribution in [2.24, 2.45) is 0 Å². The molecule has 3 aromatic heterocycles. The third-order valence-electron chi connectivity index (χ3n) is 3.77. The fourth-order valence-corrected chi connectivity index (χ4v) is 2.60. The third-order valence-corrected chi connectivity index (χ3v) is 3.77. The number of nitrogens with zero attached hydrogens (tertiary/aromatic N) is 2. The van der Waals surface area contributed by atoms with Crippen molar-refractivity contribution in [2.45, 2.75) is 0 Å². The SMILES string of the molecule is O=C(/C=C/c1ccco1)Nc1ccccc1-c1cn2ccccc2n1. The molecule has 0 atom stereocenters. The zero-order valence-corrected chi connectivity index (χ0v) is 13.3. The molecule has 122 valence electrons. The minimum absolute atomic E-state index is 0.229. The van der Waals surface area contributed by atoms with Crippen LogP contribution in [0.5, 0.6) is 0 Å². The van der Waals surface area contributed by atoms with Crippen LogP contribution in [0.25, 0.3) is 23.0 Å². The number of imidazole rings is 1. The van der Waals surface area contributed by atoms with Crippen LogP contribution in [0.1, 0.15) is 5.76 Å². The van der Waals surface area contributed by atoms with E-state index in [1.807, 2.05) is 59.3 Å². The second kappa shape index (κ2) is 6.49. The fraction of sp³-hybridized carbons (Fsp3) is 0. The Bertz CT molecular complexity index is 1010. The molecule has 0 aliphatic heterocycles. The monoisotopic (exact) mass is 329 g/mol. The highest BCUT2D eigenvalue weighted by molar-refractivity contribution is 6.03. The van der Waals surface area contributed by atoms with Gasteiger partial charge in [-0.3, -0.25) is 4.79 Å². The van der Waals surface area contributed by atoms with E-state index in [0.29, 0.717) is 11.4 Å². The van der Waals surface area contributed by atoms with E-state index in [2.05, 4.69) is 10.3 Å². The number of nitrogens with one attached hydrogen (secondary N) is 1. The summed E-state index contributed by atoms with van der Waals surface area (Å²) in [5.74, 6) is 0.399. The van der Waals surface area contributed by atoms with Crippen molar-refractivity contribution >= 4 is 23.3 Å². The van der Waals surface area contributed by atoms with Gasteiger partial charge in [-0.15, -0.1) is 0 Å². The van der Waals surface area contributed by atoms with E-state index in [1.165, 1.54) is 6.08 Å². The topological polar surface area (TPSA) is 59.5 Å². The van der Waals surface area contributed by atoms with E-state index in [0.717, 1.165) is 16.9 Å². The largest absolute Gasteiger partial charge is 0.465 e. The predicted octanol–water partition coefficient (Wildman–Crippen LogP) is 4.25. The lowest BCUT2D eigenvalue weighted by atomic mass is 10.1. The Morgan fingerprint density at radius 3 is 2.80 bits per heavy atom. The molecule has 0 unspecified atom stereocenters. The number of para-hydroxylation sites is 1. The molecule has 4 aromatic rings. The van der Waals surface area contributed by atoms with Crippen molar-refractivity contribution in [3.63, 3.8) is 0 Å². The number of carbonyl (C=O) groups is 1.